The number of hydrogen-bond acceptors (Lipinski definition) is 5. The maximum Gasteiger partial charge on any atom is 0.291 e. The van der Waals surface area contributed by atoms with Gasteiger partial charge in [0, 0.05) is 6.07 Å². The van der Waals surface area contributed by atoms with Crippen LogP contribution in [0.3, 0.4) is 0 Å². The van der Waals surface area contributed by atoms with Gasteiger partial charge < -0.3 is 14.9 Å². The monoisotopic (exact) mass is 365 g/mol. The Hall–Kier alpha value is -2.30. The van der Waals surface area contributed by atoms with E-state index in [1.807, 2.05) is 5.32 Å². The summed E-state index contributed by atoms with van der Waals surface area (Å²) in [6.45, 7) is 1.58. The van der Waals surface area contributed by atoms with Gasteiger partial charge in [-0.2, -0.15) is 0 Å². The molecule has 1 aromatic heterocycles. The predicted molar refractivity (Wildman–Crippen MR) is 72.0 cm³/mol. The van der Waals surface area contributed by atoms with Crippen molar-refractivity contribution in [3.8, 4) is 5.95 Å². The predicted octanol–water partition coefficient (Wildman–Crippen LogP) is 1.64. The van der Waals surface area contributed by atoms with Crippen molar-refractivity contribution in [2.24, 2.45) is 7.05 Å². The van der Waals surface area contributed by atoms with Crippen molar-refractivity contribution in [1.82, 2.24) is 5.27 Å². The van der Waals surface area contributed by atoms with Crippen molar-refractivity contribution in [2.45, 2.75) is 23.6 Å². The summed E-state index contributed by atoms with van der Waals surface area (Å²) >= 11 is 0.746. The molecule has 1 unspecified atom stereocenters. The van der Waals surface area contributed by atoms with Crippen LogP contribution in [0.5, 0.6) is 5.95 Å². The van der Waals surface area contributed by atoms with E-state index >= 15 is 0 Å². The number of benzene rings is 1. The van der Waals surface area contributed by atoms with E-state index in [-0.39, 0.29) is 17.5 Å². The van der Waals surface area contributed by atoms with Gasteiger partial charge in [-0.1, -0.05) is 11.6 Å². The number of carbonyl (C=O) groups is 1. The van der Waals surface area contributed by atoms with Crippen molar-refractivity contribution < 1.29 is 36.7 Å². The van der Waals surface area contributed by atoms with E-state index in [0.717, 1.165) is 16.4 Å². The number of halogens is 4. The number of anilines is 1. The molecule has 0 bridgehead atoms. The summed E-state index contributed by atoms with van der Waals surface area (Å²) < 4.78 is 59.0. The van der Waals surface area contributed by atoms with Crippen molar-refractivity contribution in [2.75, 3.05) is 5.32 Å². The smallest absolute Gasteiger partial charge is 0.291 e. The standard InChI is InChI=1S/C13H11F4N3O3S/c1-3-7(24-12-13(22)23-19-20(12)2)11(21)18-10-8(16)5(14)4-6(15)9(10)17/h4,7H,3H2,1-2H3,(H-,18,19,21,22). The van der Waals surface area contributed by atoms with Gasteiger partial charge in [-0.05, 0) is 18.2 Å². The Morgan fingerprint density at radius 2 is 1.96 bits per heavy atom. The number of thioether (sulfide) groups is 1. The first-order valence-electron chi connectivity index (χ1n) is 6.59. The summed E-state index contributed by atoms with van der Waals surface area (Å²) in [6, 6.07) is 0.0349. The Kier molecular flexibility index (Phi) is 5.32. The van der Waals surface area contributed by atoms with Crippen LogP contribution in [0.4, 0.5) is 23.2 Å². The lowest BCUT2D eigenvalue weighted by Gasteiger charge is -2.14. The number of rotatable bonds is 5. The lowest BCUT2D eigenvalue weighted by atomic mass is 10.2. The topological polar surface area (TPSA) is 82.1 Å². The normalized spacial score (nSPS) is 12.2. The van der Waals surface area contributed by atoms with Crippen LogP contribution < -0.4 is 15.1 Å². The third kappa shape index (κ3) is 3.45. The van der Waals surface area contributed by atoms with Gasteiger partial charge in [0.25, 0.3) is 5.03 Å². The molecule has 6 nitrogen and oxygen atoms in total. The first kappa shape index (κ1) is 18.0. The quantitative estimate of drug-likeness (QED) is 0.377. The fourth-order valence-corrected chi connectivity index (χ4v) is 2.70. The molecule has 11 heteroatoms. The highest BCUT2D eigenvalue weighted by atomic mass is 32.2. The second kappa shape index (κ2) is 7.07. The first-order valence-corrected chi connectivity index (χ1v) is 7.47. The Bertz CT molecular complexity index is 739. The van der Waals surface area contributed by atoms with Crippen molar-refractivity contribution in [3.63, 3.8) is 0 Å². The molecule has 0 aliphatic rings. The number of amides is 1. The van der Waals surface area contributed by atoms with Gasteiger partial charge in [0.1, 0.15) is 5.69 Å². The summed E-state index contributed by atoms with van der Waals surface area (Å²) in [5.74, 6) is -8.45. The average molecular weight is 365 g/mol. The highest BCUT2D eigenvalue weighted by molar-refractivity contribution is 8.00. The number of nitrogens with zero attached hydrogens (tertiary/aromatic N) is 2. The van der Waals surface area contributed by atoms with E-state index in [1.165, 1.54) is 7.05 Å². The number of carbonyl (C=O) groups excluding carboxylic acids is 1. The molecular weight excluding hydrogens is 354 g/mol. The summed E-state index contributed by atoms with van der Waals surface area (Å²) in [5, 5.41) is 15.6. The Labute approximate surface area is 137 Å². The van der Waals surface area contributed by atoms with Gasteiger partial charge >= 0.3 is 0 Å². The van der Waals surface area contributed by atoms with Crippen molar-refractivity contribution in [1.29, 1.82) is 0 Å². The Balaban J connectivity index is 2.25. The van der Waals surface area contributed by atoms with Crippen LogP contribution >= 0.6 is 11.8 Å². The molecule has 0 radical (unpaired) electrons. The zero-order chi connectivity index (χ0) is 18.0. The van der Waals surface area contributed by atoms with Crippen LogP contribution in [0.2, 0.25) is 0 Å². The van der Waals surface area contributed by atoms with Gasteiger partial charge in [0.2, 0.25) is 5.91 Å². The minimum Gasteiger partial charge on any atom is -0.538 e. The zero-order valence-electron chi connectivity index (χ0n) is 12.4. The molecule has 2 rings (SSSR count). The van der Waals surface area contributed by atoms with Gasteiger partial charge in [-0.25, -0.2) is 17.6 Å². The van der Waals surface area contributed by atoms with Crippen LogP contribution in [-0.4, -0.2) is 16.4 Å². The fraction of sp³-hybridized carbons (Fsp3) is 0.308. The summed E-state index contributed by atoms with van der Waals surface area (Å²) in [5.41, 5.74) is -1.23. The average Bonchev–Trinajstić information content (AvgIpc) is 2.85. The van der Waals surface area contributed by atoms with E-state index < -0.39 is 46.1 Å². The van der Waals surface area contributed by atoms with Gasteiger partial charge in [-0.3, -0.25) is 4.79 Å². The Morgan fingerprint density at radius 1 is 1.38 bits per heavy atom. The second-order valence-corrected chi connectivity index (χ2v) is 5.83. The van der Waals surface area contributed by atoms with E-state index in [2.05, 4.69) is 9.79 Å². The molecule has 0 spiro atoms. The molecule has 0 fully saturated rings. The first-order chi connectivity index (χ1) is 11.3. The molecule has 24 heavy (non-hydrogen) atoms. The second-order valence-electron chi connectivity index (χ2n) is 4.64. The highest BCUT2D eigenvalue weighted by Crippen LogP contribution is 2.30. The maximum atomic E-state index is 13.6. The van der Waals surface area contributed by atoms with Gasteiger partial charge in [0.15, 0.2) is 36.3 Å². The minimum atomic E-state index is -1.72. The molecular formula is C13H11F4N3O3S. The number of aryl methyl sites for hydroxylation is 1. The van der Waals surface area contributed by atoms with Crippen LogP contribution in [0.15, 0.2) is 15.6 Å². The fourth-order valence-electron chi connectivity index (χ4n) is 1.77. The molecule has 1 atom stereocenters. The van der Waals surface area contributed by atoms with E-state index in [1.54, 1.807) is 6.92 Å². The number of hydrogen-bond donors (Lipinski definition) is 1. The molecule has 2 aromatic rings. The van der Waals surface area contributed by atoms with Crippen molar-refractivity contribution >= 4 is 23.4 Å². The number of nitrogens with one attached hydrogen (secondary N) is 1. The molecule has 1 heterocycles. The molecule has 1 amide bonds. The molecule has 1 aromatic carbocycles. The molecule has 0 saturated heterocycles. The van der Waals surface area contributed by atoms with E-state index in [0.29, 0.717) is 0 Å². The molecule has 0 saturated carbocycles. The third-order valence-corrected chi connectivity index (χ3v) is 4.48. The van der Waals surface area contributed by atoms with Gasteiger partial charge in [-0.15, -0.1) is 0 Å². The summed E-state index contributed by atoms with van der Waals surface area (Å²) in [7, 11) is 1.40. The lowest BCUT2D eigenvalue weighted by molar-refractivity contribution is -0.772. The van der Waals surface area contributed by atoms with E-state index in [4.69, 9.17) is 0 Å². The van der Waals surface area contributed by atoms with Gasteiger partial charge in [0.05, 0.1) is 10.5 Å². The number of aromatic nitrogens is 2. The highest BCUT2D eigenvalue weighted by Gasteiger charge is 2.28. The largest absolute Gasteiger partial charge is 0.538 e. The maximum absolute atomic E-state index is 13.6. The molecule has 0 aliphatic heterocycles. The lowest BCUT2D eigenvalue weighted by Crippen LogP contribution is -2.34. The van der Waals surface area contributed by atoms with Crippen LogP contribution in [0.1, 0.15) is 13.3 Å². The minimum absolute atomic E-state index is 0.0108. The zero-order valence-corrected chi connectivity index (χ0v) is 13.2. The summed E-state index contributed by atoms with van der Waals surface area (Å²) in [6.07, 6.45) is 0.155. The van der Waals surface area contributed by atoms with Crippen LogP contribution in [0.25, 0.3) is 0 Å². The third-order valence-electron chi connectivity index (χ3n) is 2.99. The SMILES string of the molecule is CCC(Sc1c([O-])on[n+]1C)C(=O)Nc1c(F)c(F)cc(F)c1F. The molecule has 130 valence electrons. The molecule has 1 N–H and O–H groups in total. The molecule has 0 aliphatic carbocycles. The summed E-state index contributed by atoms with van der Waals surface area (Å²) in [4.78, 5) is 12.1. The van der Waals surface area contributed by atoms with E-state index in [9.17, 15) is 27.5 Å². The van der Waals surface area contributed by atoms with Crippen LogP contribution in [-0.2, 0) is 11.8 Å². The van der Waals surface area contributed by atoms with Crippen molar-refractivity contribution in [3.05, 3.63) is 29.3 Å². The Morgan fingerprint density at radius 3 is 2.42 bits per heavy atom. The van der Waals surface area contributed by atoms with Crippen LogP contribution in [0, 0.1) is 23.3 Å².